The van der Waals surface area contributed by atoms with E-state index in [-0.39, 0.29) is 29.0 Å². The Balaban J connectivity index is 1.49. The van der Waals surface area contributed by atoms with Crippen LogP contribution in [-0.2, 0) is 5.60 Å². The summed E-state index contributed by atoms with van der Waals surface area (Å²) in [6, 6.07) is 5.49. The molecule has 7 heteroatoms. The number of carbonyl (C=O) groups excluding carboxylic acids is 1. The Kier molecular flexibility index (Phi) is 5.24. The summed E-state index contributed by atoms with van der Waals surface area (Å²) in [7, 11) is 0. The number of rotatable bonds is 6. The summed E-state index contributed by atoms with van der Waals surface area (Å²) in [5.41, 5.74) is -2.87. The van der Waals surface area contributed by atoms with Gasteiger partial charge < -0.3 is 15.4 Å². The zero-order valence-electron chi connectivity index (χ0n) is 17.2. The molecule has 0 heterocycles. The van der Waals surface area contributed by atoms with Crippen molar-refractivity contribution in [1.29, 1.82) is 5.41 Å². The summed E-state index contributed by atoms with van der Waals surface area (Å²) < 4.78 is 39.2. The number of carbonyl (C=O) groups is 1. The minimum Gasteiger partial charge on any atom is -0.376 e. The molecule has 4 nitrogen and oxygen atoms in total. The third-order valence-electron chi connectivity index (χ3n) is 7.38. The molecule has 164 valence electrons. The van der Waals surface area contributed by atoms with Gasteiger partial charge in [0.15, 0.2) is 5.60 Å². The molecule has 3 saturated carbocycles. The molecule has 3 aliphatic carbocycles. The lowest BCUT2D eigenvalue weighted by molar-refractivity contribution is -0.258. The van der Waals surface area contributed by atoms with Gasteiger partial charge in [0.1, 0.15) is 0 Å². The van der Waals surface area contributed by atoms with Crippen LogP contribution in [0.1, 0.15) is 74.2 Å². The smallest absolute Gasteiger partial charge is 0.376 e. The molecule has 0 bridgehead atoms. The van der Waals surface area contributed by atoms with Gasteiger partial charge in [-0.3, -0.25) is 4.79 Å². The van der Waals surface area contributed by atoms with Crippen molar-refractivity contribution >= 4 is 12.1 Å². The first-order chi connectivity index (χ1) is 14.1. The maximum Gasteiger partial charge on any atom is 0.421 e. The van der Waals surface area contributed by atoms with Crippen molar-refractivity contribution in [2.24, 2.45) is 11.3 Å². The first-order valence-corrected chi connectivity index (χ1v) is 10.8. The Bertz CT molecular complexity index is 803. The van der Waals surface area contributed by atoms with Crippen molar-refractivity contribution < 1.29 is 23.1 Å². The molecule has 1 amide bonds. The molecule has 0 aliphatic heterocycles. The van der Waals surface area contributed by atoms with Crippen LogP contribution >= 0.6 is 0 Å². The van der Waals surface area contributed by atoms with E-state index in [9.17, 15) is 23.1 Å². The second kappa shape index (κ2) is 7.36. The van der Waals surface area contributed by atoms with Gasteiger partial charge in [0, 0.05) is 29.3 Å². The quantitative estimate of drug-likeness (QED) is 0.630. The van der Waals surface area contributed by atoms with Gasteiger partial charge in [-0.25, -0.2) is 0 Å². The number of nitrogens with zero attached hydrogens (tertiary/aromatic N) is 1. The predicted octanol–water partition coefficient (Wildman–Crippen LogP) is 5.05. The van der Waals surface area contributed by atoms with Crippen molar-refractivity contribution in [1.82, 2.24) is 4.90 Å². The first-order valence-electron chi connectivity index (χ1n) is 10.8. The van der Waals surface area contributed by atoms with E-state index in [0.29, 0.717) is 11.5 Å². The van der Waals surface area contributed by atoms with Crippen molar-refractivity contribution in [3.05, 3.63) is 35.4 Å². The molecule has 1 aromatic carbocycles. The molecule has 3 aliphatic rings. The average Bonchev–Trinajstić information content (AvgIpc) is 3.61. The number of nitrogens with one attached hydrogen (secondary N) is 1. The Morgan fingerprint density at radius 1 is 1.07 bits per heavy atom. The summed E-state index contributed by atoms with van der Waals surface area (Å²) in [5.74, 6) is 0.476. The molecule has 0 spiro atoms. The fourth-order valence-electron chi connectivity index (χ4n) is 4.98. The zero-order chi connectivity index (χ0) is 21.7. The van der Waals surface area contributed by atoms with E-state index >= 15 is 0 Å². The number of halogens is 3. The molecule has 2 N–H and O–H groups in total. The number of hydrogen-bond acceptors (Lipinski definition) is 3. The van der Waals surface area contributed by atoms with Gasteiger partial charge in [-0.05, 0) is 81.9 Å². The van der Waals surface area contributed by atoms with Gasteiger partial charge >= 0.3 is 6.18 Å². The highest BCUT2D eigenvalue weighted by Gasteiger charge is 2.51. The highest BCUT2D eigenvalue weighted by atomic mass is 19.4. The molecule has 4 rings (SSSR count). The average molecular weight is 422 g/mol. The monoisotopic (exact) mass is 422 g/mol. The van der Waals surface area contributed by atoms with Gasteiger partial charge in [-0.2, -0.15) is 13.2 Å². The second-order valence-corrected chi connectivity index (χ2v) is 9.47. The lowest BCUT2D eigenvalue weighted by Gasteiger charge is -2.42. The van der Waals surface area contributed by atoms with Crippen molar-refractivity contribution in [2.45, 2.75) is 82.2 Å². The third kappa shape index (κ3) is 3.77. The molecular formula is C23H29F3N2O2. The van der Waals surface area contributed by atoms with Crippen LogP contribution in [0.4, 0.5) is 13.2 Å². The highest BCUT2D eigenvalue weighted by molar-refractivity contribution is 5.95. The van der Waals surface area contributed by atoms with Gasteiger partial charge in [0.25, 0.3) is 5.91 Å². The molecule has 1 aromatic rings. The highest BCUT2D eigenvalue weighted by Crippen LogP contribution is 2.53. The van der Waals surface area contributed by atoms with E-state index in [2.05, 4.69) is 0 Å². The third-order valence-corrected chi connectivity index (χ3v) is 7.38. The number of hydrogen-bond donors (Lipinski definition) is 2. The van der Waals surface area contributed by atoms with Crippen LogP contribution in [0.15, 0.2) is 24.3 Å². The SMILES string of the molecule is C[C@](O)(c1ccc(C(=O)N(C2CC2)C2CCC(C=N)(C3CC3)CC2)cc1)C(F)(F)F. The lowest BCUT2D eigenvalue weighted by Crippen LogP contribution is -2.46. The Hall–Kier alpha value is -1.89. The van der Waals surface area contributed by atoms with Gasteiger partial charge in [-0.1, -0.05) is 12.1 Å². The van der Waals surface area contributed by atoms with Crippen LogP contribution in [-0.4, -0.2) is 40.4 Å². The van der Waals surface area contributed by atoms with Crippen molar-refractivity contribution in [3.8, 4) is 0 Å². The van der Waals surface area contributed by atoms with Gasteiger partial charge in [0.05, 0.1) is 0 Å². The maximum atomic E-state index is 13.3. The number of alkyl halides is 3. The number of benzene rings is 1. The summed E-state index contributed by atoms with van der Waals surface area (Å²) >= 11 is 0. The predicted molar refractivity (Wildman–Crippen MR) is 107 cm³/mol. The normalized spacial score (nSPS) is 29.2. The lowest BCUT2D eigenvalue weighted by atomic mass is 9.69. The van der Waals surface area contributed by atoms with Gasteiger partial charge in [0.2, 0.25) is 0 Å². The number of amides is 1. The van der Waals surface area contributed by atoms with Crippen LogP contribution in [0.3, 0.4) is 0 Å². The fraction of sp³-hybridized carbons (Fsp3) is 0.652. The van der Waals surface area contributed by atoms with Crippen LogP contribution in [0.2, 0.25) is 0 Å². The molecule has 0 aromatic heterocycles. The van der Waals surface area contributed by atoms with E-state index in [1.165, 1.54) is 37.1 Å². The summed E-state index contributed by atoms with van der Waals surface area (Å²) in [5, 5.41) is 17.8. The van der Waals surface area contributed by atoms with Crippen LogP contribution in [0.25, 0.3) is 0 Å². The Labute approximate surface area is 175 Å². The maximum absolute atomic E-state index is 13.3. The molecular weight excluding hydrogens is 393 g/mol. The largest absolute Gasteiger partial charge is 0.421 e. The van der Waals surface area contributed by atoms with Crippen LogP contribution in [0, 0.1) is 16.7 Å². The van der Waals surface area contributed by atoms with Gasteiger partial charge in [-0.15, -0.1) is 0 Å². The molecule has 0 saturated heterocycles. The molecule has 1 atom stereocenters. The minimum atomic E-state index is -4.79. The second-order valence-electron chi connectivity index (χ2n) is 9.47. The van der Waals surface area contributed by atoms with Crippen molar-refractivity contribution in [2.75, 3.05) is 0 Å². The van der Waals surface area contributed by atoms with E-state index in [1.54, 1.807) is 6.21 Å². The van der Waals surface area contributed by atoms with Crippen LogP contribution in [0.5, 0.6) is 0 Å². The minimum absolute atomic E-state index is 0.000402. The number of aliphatic hydroxyl groups is 1. The fourth-order valence-corrected chi connectivity index (χ4v) is 4.98. The molecule has 0 unspecified atom stereocenters. The summed E-state index contributed by atoms with van der Waals surface area (Å²) in [6.07, 6.45) is 4.75. The van der Waals surface area contributed by atoms with E-state index in [1.807, 2.05) is 4.90 Å². The topological polar surface area (TPSA) is 64.4 Å². The molecule has 30 heavy (non-hydrogen) atoms. The first kappa shape index (κ1) is 21.3. The van der Waals surface area contributed by atoms with E-state index in [0.717, 1.165) is 45.4 Å². The molecule has 3 fully saturated rings. The Morgan fingerprint density at radius 2 is 1.60 bits per heavy atom. The van der Waals surface area contributed by atoms with E-state index in [4.69, 9.17) is 5.41 Å². The zero-order valence-corrected chi connectivity index (χ0v) is 17.2. The van der Waals surface area contributed by atoms with Crippen LogP contribution < -0.4 is 0 Å². The van der Waals surface area contributed by atoms with E-state index < -0.39 is 11.8 Å². The molecule has 0 radical (unpaired) electrons. The Morgan fingerprint density at radius 3 is 2.03 bits per heavy atom. The summed E-state index contributed by atoms with van der Waals surface area (Å²) in [6.45, 7) is 0.720. The standard InChI is InChI=1S/C23H29F3N2O2/c1-21(30,23(24,25)26)16-4-2-15(3-5-16)20(29)28(18-8-9-18)19-10-12-22(14-27,13-11-19)17-6-7-17/h2-5,14,17-19,27,30H,6-13H2,1H3/t19?,21-,22?/m0/s1. The van der Waals surface area contributed by atoms with Crippen molar-refractivity contribution in [3.63, 3.8) is 0 Å². The summed E-state index contributed by atoms with van der Waals surface area (Å²) in [4.78, 5) is 15.2.